The van der Waals surface area contributed by atoms with Crippen LogP contribution < -0.4 is 5.73 Å². The van der Waals surface area contributed by atoms with E-state index in [4.69, 9.17) is 5.73 Å². The Hall–Kier alpha value is -1.10. The van der Waals surface area contributed by atoms with Crippen molar-refractivity contribution in [2.24, 2.45) is 5.73 Å². The Morgan fingerprint density at radius 3 is 2.29 bits per heavy atom. The van der Waals surface area contributed by atoms with Gasteiger partial charge in [-0.3, -0.25) is 0 Å². The number of alkyl halides is 3. The van der Waals surface area contributed by atoms with Crippen molar-refractivity contribution in [2.45, 2.75) is 13.1 Å². The zero-order chi connectivity index (χ0) is 11.2. The Labute approximate surface area is 79.6 Å². The zero-order valence-electron chi connectivity index (χ0n) is 7.61. The van der Waals surface area contributed by atoms with Gasteiger partial charge in [-0.2, -0.15) is 13.2 Å². The maximum Gasteiger partial charge on any atom is 0.416 e. The van der Waals surface area contributed by atoms with Crippen molar-refractivity contribution >= 4 is 0 Å². The van der Waals surface area contributed by atoms with Crippen LogP contribution in [0.4, 0.5) is 17.6 Å². The predicted octanol–water partition coefficient (Wildman–Crippen LogP) is 2.86. The Morgan fingerprint density at radius 1 is 1.36 bits per heavy atom. The summed E-state index contributed by atoms with van der Waals surface area (Å²) in [6, 6.07) is 0. The van der Waals surface area contributed by atoms with Gasteiger partial charge in [0, 0.05) is 6.54 Å². The molecule has 5 heteroatoms. The largest absolute Gasteiger partial charge is 0.416 e. The third-order valence-electron chi connectivity index (χ3n) is 1.28. The highest BCUT2D eigenvalue weighted by atomic mass is 19.4. The van der Waals surface area contributed by atoms with Gasteiger partial charge in [-0.25, -0.2) is 4.39 Å². The van der Waals surface area contributed by atoms with Crippen LogP contribution in [0.3, 0.4) is 0 Å². The molecule has 0 amide bonds. The number of nitrogens with two attached hydrogens (primary N) is 1. The zero-order valence-corrected chi connectivity index (χ0v) is 7.61. The lowest BCUT2D eigenvalue weighted by Gasteiger charge is -2.06. The molecule has 0 aromatic heterocycles. The highest BCUT2D eigenvalue weighted by Crippen LogP contribution is 2.27. The number of rotatable bonds is 3. The van der Waals surface area contributed by atoms with Crippen LogP contribution in [0.5, 0.6) is 0 Å². The van der Waals surface area contributed by atoms with Gasteiger partial charge in [0.15, 0.2) is 0 Å². The second kappa shape index (κ2) is 5.59. The Bertz CT molecular complexity index is 260. The third kappa shape index (κ3) is 4.81. The summed E-state index contributed by atoms with van der Waals surface area (Å²) in [6.07, 6.45) is -1.28. The first kappa shape index (κ1) is 12.9. The molecule has 0 spiro atoms. The number of hydrogen-bond acceptors (Lipinski definition) is 1. The van der Waals surface area contributed by atoms with Crippen LogP contribution in [-0.4, -0.2) is 12.7 Å². The lowest BCUT2D eigenvalue weighted by Crippen LogP contribution is -2.10. The normalized spacial score (nSPS) is 15.3. The molecule has 0 unspecified atom stereocenters. The van der Waals surface area contributed by atoms with Gasteiger partial charge in [0.25, 0.3) is 0 Å². The van der Waals surface area contributed by atoms with Crippen LogP contribution in [0.25, 0.3) is 0 Å². The first-order chi connectivity index (χ1) is 6.41. The van der Waals surface area contributed by atoms with E-state index in [1.165, 1.54) is 13.0 Å². The molecule has 0 heterocycles. The second-order valence-corrected chi connectivity index (χ2v) is 2.42. The van der Waals surface area contributed by atoms with E-state index in [-0.39, 0.29) is 6.54 Å². The standard InChI is InChI=1S/C9H11F4N/c1-2-3-7(9(11,12)13)6-8(10)4-5-14/h2-4,6H,5,14H2,1H3/b3-2-,7-6+,8-4-. The maximum atomic E-state index is 12.7. The smallest absolute Gasteiger partial charge is 0.327 e. The summed E-state index contributed by atoms with van der Waals surface area (Å²) in [5, 5.41) is 0. The van der Waals surface area contributed by atoms with Crippen molar-refractivity contribution in [1.82, 2.24) is 0 Å². The second-order valence-electron chi connectivity index (χ2n) is 2.42. The van der Waals surface area contributed by atoms with Gasteiger partial charge in [0.1, 0.15) is 5.83 Å². The Kier molecular flexibility index (Phi) is 5.15. The Morgan fingerprint density at radius 2 is 1.93 bits per heavy atom. The molecule has 0 radical (unpaired) electrons. The van der Waals surface area contributed by atoms with E-state index < -0.39 is 17.6 Å². The fourth-order valence-corrected chi connectivity index (χ4v) is 0.724. The summed E-state index contributed by atoms with van der Waals surface area (Å²) in [7, 11) is 0. The van der Waals surface area contributed by atoms with Gasteiger partial charge in [-0.1, -0.05) is 12.2 Å². The fourth-order valence-electron chi connectivity index (χ4n) is 0.724. The summed E-state index contributed by atoms with van der Waals surface area (Å²) in [5.41, 5.74) is 3.90. The van der Waals surface area contributed by atoms with Gasteiger partial charge in [-0.15, -0.1) is 0 Å². The van der Waals surface area contributed by atoms with Crippen molar-refractivity contribution in [1.29, 1.82) is 0 Å². The van der Waals surface area contributed by atoms with E-state index in [2.05, 4.69) is 0 Å². The highest BCUT2D eigenvalue weighted by Gasteiger charge is 2.31. The highest BCUT2D eigenvalue weighted by molar-refractivity contribution is 5.30. The average molecular weight is 209 g/mol. The maximum absolute atomic E-state index is 12.7. The molecule has 0 rings (SSSR count). The predicted molar refractivity (Wildman–Crippen MR) is 47.2 cm³/mol. The van der Waals surface area contributed by atoms with E-state index in [1.807, 2.05) is 0 Å². The molecule has 80 valence electrons. The fraction of sp³-hybridized carbons (Fsp3) is 0.333. The minimum Gasteiger partial charge on any atom is -0.327 e. The van der Waals surface area contributed by atoms with Crippen LogP contribution in [0.2, 0.25) is 0 Å². The van der Waals surface area contributed by atoms with E-state index in [9.17, 15) is 17.6 Å². The van der Waals surface area contributed by atoms with Crippen LogP contribution in [0, 0.1) is 0 Å². The monoisotopic (exact) mass is 209 g/mol. The number of halogens is 4. The van der Waals surface area contributed by atoms with Crippen LogP contribution >= 0.6 is 0 Å². The summed E-state index contributed by atoms with van der Waals surface area (Å²) in [6.45, 7) is 1.29. The summed E-state index contributed by atoms with van der Waals surface area (Å²) >= 11 is 0. The molecule has 0 aliphatic rings. The van der Waals surface area contributed by atoms with E-state index in [0.717, 1.165) is 12.2 Å². The van der Waals surface area contributed by atoms with Crippen molar-refractivity contribution in [2.75, 3.05) is 6.54 Å². The molecule has 0 saturated carbocycles. The van der Waals surface area contributed by atoms with Gasteiger partial charge >= 0.3 is 6.18 Å². The first-order valence-electron chi connectivity index (χ1n) is 3.89. The molecule has 14 heavy (non-hydrogen) atoms. The van der Waals surface area contributed by atoms with Gasteiger partial charge in [0.05, 0.1) is 5.57 Å². The van der Waals surface area contributed by atoms with E-state index in [1.54, 1.807) is 0 Å². The lowest BCUT2D eigenvalue weighted by molar-refractivity contribution is -0.0883. The molecule has 0 aromatic rings. The van der Waals surface area contributed by atoms with Gasteiger partial charge in [0.2, 0.25) is 0 Å². The van der Waals surface area contributed by atoms with E-state index >= 15 is 0 Å². The summed E-state index contributed by atoms with van der Waals surface area (Å²) in [4.78, 5) is 0. The molecule has 0 bridgehead atoms. The van der Waals surface area contributed by atoms with Crippen molar-refractivity contribution in [3.63, 3.8) is 0 Å². The van der Waals surface area contributed by atoms with E-state index in [0.29, 0.717) is 6.08 Å². The first-order valence-corrected chi connectivity index (χ1v) is 3.89. The molecular formula is C9H11F4N. The quantitative estimate of drug-likeness (QED) is 0.561. The van der Waals surface area contributed by atoms with Crippen LogP contribution in [-0.2, 0) is 0 Å². The summed E-state index contributed by atoms with van der Waals surface area (Å²) < 4.78 is 49.2. The Balaban J connectivity index is 4.92. The topological polar surface area (TPSA) is 26.0 Å². The molecule has 2 N–H and O–H groups in total. The van der Waals surface area contributed by atoms with Crippen LogP contribution in [0.15, 0.2) is 35.7 Å². The number of allylic oxidation sites excluding steroid dienone is 5. The van der Waals surface area contributed by atoms with Crippen molar-refractivity contribution in [3.8, 4) is 0 Å². The number of hydrogen-bond donors (Lipinski definition) is 1. The molecule has 0 fully saturated rings. The molecular weight excluding hydrogens is 198 g/mol. The molecule has 1 nitrogen and oxygen atoms in total. The lowest BCUT2D eigenvalue weighted by atomic mass is 10.2. The SMILES string of the molecule is C\C=C/C(=C\C(F)=C\CN)C(F)(F)F. The van der Waals surface area contributed by atoms with Crippen molar-refractivity contribution in [3.05, 3.63) is 35.7 Å². The van der Waals surface area contributed by atoms with Crippen LogP contribution in [0.1, 0.15) is 6.92 Å². The minimum absolute atomic E-state index is 0.136. The average Bonchev–Trinajstić information content (AvgIpc) is 2.02. The molecule has 0 aliphatic heterocycles. The third-order valence-corrected chi connectivity index (χ3v) is 1.28. The van der Waals surface area contributed by atoms with Gasteiger partial charge in [-0.05, 0) is 19.1 Å². The van der Waals surface area contributed by atoms with Gasteiger partial charge < -0.3 is 5.73 Å². The minimum atomic E-state index is -4.55. The molecule has 0 aromatic carbocycles. The molecule has 0 saturated heterocycles. The van der Waals surface area contributed by atoms with Crippen molar-refractivity contribution < 1.29 is 17.6 Å². The molecule has 0 aliphatic carbocycles. The molecule has 0 atom stereocenters. The summed E-state index contributed by atoms with van der Waals surface area (Å²) in [5.74, 6) is -0.988.